The fourth-order valence-corrected chi connectivity index (χ4v) is 3.09. The molecule has 100 valence electrons. The topological polar surface area (TPSA) is 32.3 Å². The highest BCUT2D eigenvalue weighted by Crippen LogP contribution is 2.37. The first kappa shape index (κ1) is 11.5. The fraction of sp³-hybridized carbons (Fsp3) is 0.188. The third kappa shape index (κ3) is 1.61. The summed E-state index contributed by atoms with van der Waals surface area (Å²) in [6, 6.07) is 12.5. The van der Waals surface area contributed by atoms with Crippen molar-refractivity contribution in [3.63, 3.8) is 0 Å². The third-order valence-corrected chi connectivity index (χ3v) is 4.08. The van der Waals surface area contributed by atoms with Gasteiger partial charge in [-0.3, -0.25) is 4.79 Å². The first-order chi connectivity index (χ1) is 9.72. The molecular weight excluding hydrogens is 255 g/mol. The molecule has 0 saturated carbocycles. The van der Waals surface area contributed by atoms with Crippen molar-refractivity contribution in [2.75, 3.05) is 10.2 Å². The van der Waals surface area contributed by atoms with Crippen molar-refractivity contribution in [2.45, 2.75) is 19.0 Å². The molecule has 20 heavy (non-hydrogen) atoms. The average Bonchev–Trinajstić information content (AvgIpc) is 2.45. The average molecular weight is 268 g/mol. The summed E-state index contributed by atoms with van der Waals surface area (Å²) in [5.74, 6) is -0.391. The monoisotopic (exact) mass is 268 g/mol. The normalized spacial score (nSPS) is 19.8. The van der Waals surface area contributed by atoms with Crippen molar-refractivity contribution in [1.29, 1.82) is 0 Å². The van der Waals surface area contributed by atoms with E-state index in [4.69, 9.17) is 0 Å². The third-order valence-electron chi connectivity index (χ3n) is 4.08. The van der Waals surface area contributed by atoms with Gasteiger partial charge in [-0.25, -0.2) is 4.39 Å². The van der Waals surface area contributed by atoms with E-state index in [0.29, 0.717) is 18.7 Å². The molecule has 4 rings (SSSR count). The fourth-order valence-electron chi connectivity index (χ4n) is 3.09. The molecule has 1 N–H and O–H groups in total. The van der Waals surface area contributed by atoms with E-state index in [1.165, 1.54) is 23.3 Å². The number of nitrogens with zero attached hydrogens (tertiary/aromatic N) is 1. The molecule has 2 aliphatic heterocycles. The predicted octanol–water partition coefficient (Wildman–Crippen LogP) is 2.71. The largest absolute Gasteiger partial charge is 0.353 e. The van der Waals surface area contributed by atoms with Gasteiger partial charge in [0.15, 0.2) is 0 Å². The van der Waals surface area contributed by atoms with E-state index in [-0.39, 0.29) is 17.8 Å². The summed E-state index contributed by atoms with van der Waals surface area (Å²) >= 11 is 0. The Morgan fingerprint density at radius 3 is 2.80 bits per heavy atom. The number of hydrogen-bond donors (Lipinski definition) is 1. The van der Waals surface area contributed by atoms with E-state index in [1.807, 2.05) is 12.1 Å². The zero-order valence-electron chi connectivity index (χ0n) is 10.8. The predicted molar refractivity (Wildman–Crippen MR) is 75.1 cm³/mol. The summed E-state index contributed by atoms with van der Waals surface area (Å²) in [6.07, 6.45) is 0.693. The lowest BCUT2D eigenvalue weighted by Gasteiger charge is -2.41. The van der Waals surface area contributed by atoms with E-state index < -0.39 is 0 Å². The highest BCUT2D eigenvalue weighted by atomic mass is 19.1. The molecule has 0 fully saturated rings. The highest BCUT2D eigenvalue weighted by Gasteiger charge is 2.36. The van der Waals surface area contributed by atoms with Crippen LogP contribution in [0.15, 0.2) is 42.5 Å². The van der Waals surface area contributed by atoms with Crippen LogP contribution >= 0.6 is 0 Å². The second-order valence-corrected chi connectivity index (χ2v) is 5.27. The molecule has 1 amide bonds. The molecule has 0 aliphatic carbocycles. The van der Waals surface area contributed by atoms with Crippen molar-refractivity contribution in [3.05, 3.63) is 59.4 Å². The van der Waals surface area contributed by atoms with Crippen molar-refractivity contribution < 1.29 is 9.18 Å². The second kappa shape index (κ2) is 4.07. The van der Waals surface area contributed by atoms with Crippen LogP contribution in [0.3, 0.4) is 0 Å². The van der Waals surface area contributed by atoms with E-state index >= 15 is 0 Å². The lowest BCUT2D eigenvalue weighted by atomic mass is 9.91. The molecule has 0 aromatic heterocycles. The number of carbonyl (C=O) groups excluding carboxylic acids is 1. The Bertz CT molecular complexity index is 713. The Hall–Kier alpha value is -2.36. The summed E-state index contributed by atoms with van der Waals surface area (Å²) in [7, 11) is 0. The van der Waals surface area contributed by atoms with Gasteiger partial charge < -0.3 is 10.2 Å². The van der Waals surface area contributed by atoms with Gasteiger partial charge in [0.2, 0.25) is 5.91 Å². The molecule has 2 aliphatic rings. The number of nitrogens with one attached hydrogen (secondary N) is 1. The molecular formula is C16H13FN2O. The first-order valence-electron chi connectivity index (χ1n) is 6.66. The molecule has 0 saturated heterocycles. The van der Waals surface area contributed by atoms with Gasteiger partial charge in [-0.15, -0.1) is 0 Å². The SMILES string of the molecule is O=C1Nc2cc(F)ccc2N2Cc3ccccc3CC12. The van der Waals surface area contributed by atoms with Crippen LogP contribution in [0.4, 0.5) is 15.8 Å². The van der Waals surface area contributed by atoms with Gasteiger partial charge >= 0.3 is 0 Å². The van der Waals surface area contributed by atoms with Crippen LogP contribution in [0.2, 0.25) is 0 Å². The van der Waals surface area contributed by atoms with Crippen LogP contribution in [0, 0.1) is 5.82 Å². The lowest BCUT2D eigenvalue weighted by molar-refractivity contribution is -0.117. The first-order valence-corrected chi connectivity index (χ1v) is 6.66. The number of amides is 1. The van der Waals surface area contributed by atoms with Gasteiger partial charge in [-0.2, -0.15) is 0 Å². The molecule has 3 nitrogen and oxygen atoms in total. The molecule has 0 spiro atoms. The van der Waals surface area contributed by atoms with Crippen molar-refractivity contribution in [3.8, 4) is 0 Å². The number of benzene rings is 2. The summed E-state index contributed by atoms with van der Waals surface area (Å²) in [5, 5.41) is 2.81. The van der Waals surface area contributed by atoms with Crippen LogP contribution in [-0.2, 0) is 17.8 Å². The van der Waals surface area contributed by atoms with Crippen LogP contribution in [-0.4, -0.2) is 11.9 Å². The summed E-state index contributed by atoms with van der Waals surface area (Å²) in [4.78, 5) is 14.3. The molecule has 2 heterocycles. The van der Waals surface area contributed by atoms with E-state index in [2.05, 4.69) is 22.3 Å². The van der Waals surface area contributed by atoms with Crippen molar-refractivity contribution in [1.82, 2.24) is 0 Å². The minimum atomic E-state index is -0.333. The van der Waals surface area contributed by atoms with Gasteiger partial charge in [-0.1, -0.05) is 24.3 Å². The molecule has 1 atom stereocenters. The standard InChI is InChI=1S/C16H13FN2O/c17-12-5-6-14-13(8-12)18-16(20)15-7-10-3-1-2-4-11(10)9-19(14)15/h1-6,8,15H,7,9H2,(H,18,20). The number of fused-ring (bicyclic) bond motifs is 4. The zero-order chi connectivity index (χ0) is 13.7. The summed E-state index contributed by atoms with van der Waals surface area (Å²) in [6.45, 7) is 0.687. The quantitative estimate of drug-likeness (QED) is 0.796. The number of carbonyl (C=O) groups is 1. The van der Waals surface area contributed by atoms with Gasteiger partial charge in [0, 0.05) is 13.0 Å². The van der Waals surface area contributed by atoms with Gasteiger partial charge in [-0.05, 0) is 29.3 Å². The highest BCUT2D eigenvalue weighted by molar-refractivity contribution is 6.04. The van der Waals surface area contributed by atoms with Gasteiger partial charge in [0.05, 0.1) is 11.4 Å². The second-order valence-electron chi connectivity index (χ2n) is 5.27. The molecule has 2 aromatic carbocycles. The van der Waals surface area contributed by atoms with E-state index in [9.17, 15) is 9.18 Å². The van der Waals surface area contributed by atoms with Gasteiger partial charge in [0.1, 0.15) is 11.9 Å². The molecule has 0 radical (unpaired) electrons. The molecule has 2 aromatic rings. The number of hydrogen-bond acceptors (Lipinski definition) is 2. The summed E-state index contributed by atoms with van der Waals surface area (Å²) < 4.78 is 13.3. The van der Waals surface area contributed by atoms with Gasteiger partial charge in [0.25, 0.3) is 0 Å². The Morgan fingerprint density at radius 1 is 1.15 bits per heavy atom. The summed E-state index contributed by atoms with van der Waals surface area (Å²) in [5.41, 5.74) is 3.90. The maximum atomic E-state index is 13.3. The number of halogens is 1. The maximum absolute atomic E-state index is 13.3. The van der Waals surface area contributed by atoms with Crippen LogP contribution in [0.1, 0.15) is 11.1 Å². The van der Waals surface area contributed by atoms with E-state index in [0.717, 1.165) is 5.69 Å². The minimum absolute atomic E-state index is 0.0578. The van der Waals surface area contributed by atoms with Crippen LogP contribution in [0.25, 0.3) is 0 Å². The lowest BCUT2D eigenvalue weighted by Crippen LogP contribution is -2.51. The maximum Gasteiger partial charge on any atom is 0.247 e. The Labute approximate surface area is 116 Å². The molecule has 1 unspecified atom stereocenters. The van der Waals surface area contributed by atoms with Crippen LogP contribution in [0.5, 0.6) is 0 Å². The number of anilines is 2. The Balaban J connectivity index is 1.83. The van der Waals surface area contributed by atoms with Crippen LogP contribution < -0.4 is 10.2 Å². The zero-order valence-corrected chi connectivity index (χ0v) is 10.8. The smallest absolute Gasteiger partial charge is 0.247 e. The molecule has 0 bridgehead atoms. The van der Waals surface area contributed by atoms with E-state index in [1.54, 1.807) is 6.07 Å². The number of rotatable bonds is 0. The van der Waals surface area contributed by atoms with Crippen molar-refractivity contribution in [2.24, 2.45) is 0 Å². The Kier molecular flexibility index (Phi) is 2.33. The Morgan fingerprint density at radius 2 is 1.95 bits per heavy atom. The van der Waals surface area contributed by atoms with Crippen molar-refractivity contribution >= 4 is 17.3 Å². The molecule has 4 heteroatoms. The minimum Gasteiger partial charge on any atom is -0.353 e.